The summed E-state index contributed by atoms with van der Waals surface area (Å²) in [6, 6.07) is 0. The number of alkyl halides is 3. The van der Waals surface area contributed by atoms with Crippen LogP contribution in [0.2, 0.25) is 0 Å². The lowest BCUT2D eigenvalue weighted by molar-refractivity contribution is -0.142. The fourth-order valence-electron chi connectivity index (χ4n) is 1.48. The molecule has 6 heteroatoms. The molecule has 2 rings (SSSR count). The number of carbonyl (C=O) groups excluding carboxylic acids is 1. The van der Waals surface area contributed by atoms with Gasteiger partial charge in [0.15, 0.2) is 6.29 Å². The largest absolute Gasteiger partial charge is 0.408 e. The first-order valence-corrected chi connectivity index (χ1v) is 4.59. The molecular formula is C9H9F3N2O. The molecule has 0 saturated heterocycles. The first kappa shape index (κ1) is 10.2. The van der Waals surface area contributed by atoms with Crippen LogP contribution in [0, 0.1) is 0 Å². The van der Waals surface area contributed by atoms with Crippen molar-refractivity contribution in [3.05, 3.63) is 17.5 Å². The average molecular weight is 218 g/mol. The van der Waals surface area contributed by atoms with E-state index in [9.17, 15) is 18.0 Å². The van der Waals surface area contributed by atoms with Crippen LogP contribution in [0.15, 0.2) is 6.20 Å². The molecule has 0 spiro atoms. The Morgan fingerprint density at radius 1 is 1.53 bits per heavy atom. The molecule has 3 nitrogen and oxygen atoms in total. The summed E-state index contributed by atoms with van der Waals surface area (Å²) < 4.78 is 37.0. The Hall–Kier alpha value is -1.33. The van der Waals surface area contributed by atoms with Crippen molar-refractivity contribution in [2.45, 2.75) is 31.5 Å². The van der Waals surface area contributed by atoms with E-state index in [4.69, 9.17) is 0 Å². The standard InChI is InChI=1S/C9H9F3N2O/c10-9(11,12)5-14-3-7(4-15)8(13-14)6-1-2-6/h3-4,6H,1-2,5H2. The number of aldehydes is 1. The maximum absolute atomic E-state index is 12.1. The average Bonchev–Trinajstić information content (AvgIpc) is 2.86. The van der Waals surface area contributed by atoms with Crippen molar-refractivity contribution in [2.75, 3.05) is 0 Å². The summed E-state index contributed by atoms with van der Waals surface area (Å²) in [6.45, 7) is -1.14. The van der Waals surface area contributed by atoms with Crippen LogP contribution in [0.25, 0.3) is 0 Å². The molecule has 1 aromatic heterocycles. The molecule has 15 heavy (non-hydrogen) atoms. The summed E-state index contributed by atoms with van der Waals surface area (Å²) in [7, 11) is 0. The lowest BCUT2D eigenvalue weighted by Gasteiger charge is -2.05. The van der Waals surface area contributed by atoms with Gasteiger partial charge in [0.2, 0.25) is 0 Å². The summed E-state index contributed by atoms with van der Waals surface area (Å²) in [5.74, 6) is 0.180. The van der Waals surface area contributed by atoms with Crippen LogP contribution in [-0.2, 0) is 6.54 Å². The molecule has 0 amide bonds. The molecule has 1 aliphatic carbocycles. The van der Waals surface area contributed by atoms with Crippen LogP contribution >= 0.6 is 0 Å². The van der Waals surface area contributed by atoms with Crippen molar-refractivity contribution in [3.8, 4) is 0 Å². The Morgan fingerprint density at radius 3 is 2.67 bits per heavy atom. The van der Waals surface area contributed by atoms with Crippen LogP contribution in [0.5, 0.6) is 0 Å². The van der Waals surface area contributed by atoms with Crippen molar-refractivity contribution in [3.63, 3.8) is 0 Å². The lowest BCUT2D eigenvalue weighted by Crippen LogP contribution is -2.18. The van der Waals surface area contributed by atoms with E-state index in [0.29, 0.717) is 12.0 Å². The van der Waals surface area contributed by atoms with Gasteiger partial charge in [-0.2, -0.15) is 18.3 Å². The summed E-state index contributed by atoms with van der Waals surface area (Å²) in [4.78, 5) is 10.6. The van der Waals surface area contributed by atoms with E-state index in [-0.39, 0.29) is 11.5 Å². The van der Waals surface area contributed by atoms with Gasteiger partial charge in [0.1, 0.15) is 6.54 Å². The second kappa shape index (κ2) is 3.36. The van der Waals surface area contributed by atoms with E-state index in [0.717, 1.165) is 23.7 Å². The zero-order chi connectivity index (χ0) is 11.1. The first-order valence-electron chi connectivity index (χ1n) is 4.59. The fraction of sp³-hybridized carbons (Fsp3) is 0.556. The van der Waals surface area contributed by atoms with E-state index in [1.165, 1.54) is 0 Å². The second-order valence-electron chi connectivity index (χ2n) is 3.67. The summed E-state index contributed by atoms with van der Waals surface area (Å²) in [5.41, 5.74) is 0.788. The van der Waals surface area contributed by atoms with Gasteiger partial charge < -0.3 is 0 Å². The van der Waals surface area contributed by atoms with Crippen LogP contribution in [0.1, 0.15) is 34.8 Å². The molecule has 0 atom stereocenters. The molecule has 1 fully saturated rings. The van der Waals surface area contributed by atoms with Crippen molar-refractivity contribution >= 4 is 6.29 Å². The van der Waals surface area contributed by atoms with Crippen LogP contribution in [-0.4, -0.2) is 22.2 Å². The van der Waals surface area contributed by atoms with Gasteiger partial charge in [0, 0.05) is 12.1 Å². The highest BCUT2D eigenvalue weighted by Gasteiger charge is 2.32. The molecule has 1 aliphatic rings. The Morgan fingerprint density at radius 2 is 2.20 bits per heavy atom. The molecule has 0 aromatic carbocycles. The summed E-state index contributed by atoms with van der Waals surface area (Å²) in [6.07, 6.45) is -0.761. The maximum atomic E-state index is 12.1. The highest BCUT2D eigenvalue weighted by atomic mass is 19.4. The monoisotopic (exact) mass is 218 g/mol. The van der Waals surface area contributed by atoms with Gasteiger partial charge in [-0.1, -0.05) is 0 Å². The minimum absolute atomic E-state index is 0.180. The van der Waals surface area contributed by atoms with Gasteiger partial charge in [-0.05, 0) is 12.8 Å². The van der Waals surface area contributed by atoms with Crippen molar-refractivity contribution in [1.29, 1.82) is 0 Å². The van der Waals surface area contributed by atoms with Gasteiger partial charge in [-0.15, -0.1) is 0 Å². The Labute approximate surface area is 83.9 Å². The predicted octanol–water partition coefficient (Wildman–Crippen LogP) is 2.14. The molecule has 0 bridgehead atoms. The van der Waals surface area contributed by atoms with Crippen LogP contribution < -0.4 is 0 Å². The van der Waals surface area contributed by atoms with Gasteiger partial charge in [-0.3, -0.25) is 9.48 Å². The maximum Gasteiger partial charge on any atom is 0.408 e. The third-order valence-electron chi connectivity index (χ3n) is 2.25. The Balaban J connectivity index is 2.22. The summed E-state index contributed by atoms with van der Waals surface area (Å²) in [5, 5.41) is 3.79. The molecule has 1 aromatic rings. The van der Waals surface area contributed by atoms with Gasteiger partial charge in [-0.25, -0.2) is 0 Å². The van der Waals surface area contributed by atoms with E-state index >= 15 is 0 Å². The lowest BCUT2D eigenvalue weighted by atomic mass is 10.2. The highest BCUT2D eigenvalue weighted by Crippen LogP contribution is 2.40. The summed E-state index contributed by atoms with van der Waals surface area (Å²) >= 11 is 0. The minimum atomic E-state index is -4.30. The van der Waals surface area contributed by atoms with Crippen molar-refractivity contribution in [1.82, 2.24) is 9.78 Å². The Bertz CT molecular complexity index is 379. The zero-order valence-corrected chi connectivity index (χ0v) is 7.79. The normalized spacial score (nSPS) is 16.7. The van der Waals surface area contributed by atoms with Crippen LogP contribution in [0.4, 0.5) is 13.2 Å². The molecule has 0 aliphatic heterocycles. The van der Waals surface area contributed by atoms with Crippen molar-refractivity contribution < 1.29 is 18.0 Å². The third-order valence-corrected chi connectivity index (χ3v) is 2.25. The molecule has 1 heterocycles. The molecule has 82 valence electrons. The number of rotatable bonds is 3. The number of halogens is 3. The molecule has 0 N–H and O–H groups in total. The topological polar surface area (TPSA) is 34.9 Å². The molecule has 0 radical (unpaired) electrons. The molecule has 1 saturated carbocycles. The second-order valence-corrected chi connectivity index (χ2v) is 3.67. The first-order chi connectivity index (χ1) is 6.99. The number of carbonyl (C=O) groups is 1. The zero-order valence-electron chi connectivity index (χ0n) is 7.79. The quantitative estimate of drug-likeness (QED) is 0.728. The highest BCUT2D eigenvalue weighted by molar-refractivity contribution is 5.76. The predicted molar refractivity (Wildman–Crippen MR) is 45.6 cm³/mol. The fourth-order valence-corrected chi connectivity index (χ4v) is 1.48. The van der Waals surface area contributed by atoms with Crippen LogP contribution in [0.3, 0.4) is 0 Å². The number of hydrogen-bond donors (Lipinski definition) is 0. The number of hydrogen-bond acceptors (Lipinski definition) is 2. The third kappa shape index (κ3) is 2.37. The smallest absolute Gasteiger partial charge is 0.298 e. The number of aromatic nitrogens is 2. The minimum Gasteiger partial charge on any atom is -0.298 e. The number of nitrogens with zero attached hydrogens (tertiary/aromatic N) is 2. The van der Waals surface area contributed by atoms with E-state index in [1.807, 2.05) is 0 Å². The Kier molecular flexibility index (Phi) is 2.28. The van der Waals surface area contributed by atoms with E-state index < -0.39 is 12.7 Å². The molecule has 0 unspecified atom stereocenters. The van der Waals surface area contributed by atoms with E-state index in [2.05, 4.69) is 5.10 Å². The van der Waals surface area contributed by atoms with Gasteiger partial charge >= 0.3 is 6.18 Å². The van der Waals surface area contributed by atoms with Gasteiger partial charge in [0.05, 0.1) is 11.3 Å². The van der Waals surface area contributed by atoms with E-state index in [1.54, 1.807) is 0 Å². The van der Waals surface area contributed by atoms with Gasteiger partial charge in [0.25, 0.3) is 0 Å². The SMILES string of the molecule is O=Cc1cn(CC(F)(F)F)nc1C1CC1. The molecular weight excluding hydrogens is 209 g/mol. The van der Waals surface area contributed by atoms with Crippen molar-refractivity contribution in [2.24, 2.45) is 0 Å².